The van der Waals surface area contributed by atoms with Gasteiger partial charge in [0.25, 0.3) is 5.91 Å². The van der Waals surface area contributed by atoms with Crippen molar-refractivity contribution in [1.29, 1.82) is 0 Å². The molecule has 1 saturated heterocycles. The van der Waals surface area contributed by atoms with Gasteiger partial charge in [0.2, 0.25) is 27.4 Å². The quantitative estimate of drug-likeness (QED) is 0.242. The zero-order chi connectivity index (χ0) is 45.0. The molecule has 2 aromatic heterocycles. The number of fused-ring (bicyclic) bond motifs is 3. The molecule has 3 fully saturated rings. The first-order valence-electron chi connectivity index (χ1n) is 20.6. The standard InChI is InChI=1S/C42H52F3N7O9S/c1-24-10-7-8-11-26-22-41(26,37(55)50-62(57,58)40(5)14-15-40)49-35(53)31-20-28(23-51(31)36(54)34(25(2)18-24)48-38(56)61-39(3,4)42(43,44)45)60-32-21-33(52-17-9-16-46-52)47-30-19-27(59-6)12-13-29(30)32/h8-9,11-13,16-17,19,21,24-26,28,31,34H,7,10,14-15,18,20,22-23H2,1-6H3,(H,48,56)(H,49,53)(H,50,55)/b11-8-/t24-,25-,26?,28-,31+,34+,41-/m1/s1. The predicted octanol–water partition coefficient (Wildman–Crippen LogP) is 5.10. The Kier molecular flexibility index (Phi) is 11.8. The second-order valence-corrected chi connectivity index (χ2v) is 20.0. The molecule has 4 aliphatic rings. The van der Waals surface area contributed by atoms with Crippen LogP contribution in [-0.4, -0.2) is 106 Å². The van der Waals surface area contributed by atoms with Gasteiger partial charge in [-0.1, -0.05) is 26.0 Å². The number of hydrogen-bond acceptors (Lipinski definition) is 11. The van der Waals surface area contributed by atoms with Crippen molar-refractivity contribution in [3.63, 3.8) is 0 Å². The predicted molar refractivity (Wildman–Crippen MR) is 218 cm³/mol. The Balaban J connectivity index is 1.26. The third-order valence-corrected chi connectivity index (χ3v) is 14.7. The second kappa shape index (κ2) is 16.4. The Morgan fingerprint density at radius 1 is 1.08 bits per heavy atom. The minimum Gasteiger partial charge on any atom is -0.497 e. The van der Waals surface area contributed by atoms with E-state index in [1.54, 1.807) is 55.7 Å². The van der Waals surface area contributed by atoms with Crippen LogP contribution in [0.5, 0.6) is 11.5 Å². The van der Waals surface area contributed by atoms with Crippen LogP contribution < -0.4 is 24.8 Å². The third kappa shape index (κ3) is 8.92. The molecular formula is C42H52F3N7O9S. The van der Waals surface area contributed by atoms with Gasteiger partial charge in [-0.05, 0) is 89.3 Å². The van der Waals surface area contributed by atoms with Crippen molar-refractivity contribution in [2.75, 3.05) is 13.7 Å². The van der Waals surface area contributed by atoms with E-state index in [9.17, 15) is 40.8 Å². The van der Waals surface area contributed by atoms with Crippen molar-refractivity contribution in [3.8, 4) is 17.3 Å². The highest BCUT2D eigenvalue weighted by Gasteiger charge is 2.63. The third-order valence-electron chi connectivity index (χ3n) is 12.6. The highest BCUT2D eigenvalue weighted by Crippen LogP contribution is 2.48. The molecule has 4 heterocycles. The van der Waals surface area contributed by atoms with Crippen LogP contribution in [0.3, 0.4) is 0 Å². The summed E-state index contributed by atoms with van der Waals surface area (Å²) in [6.07, 6.45) is 1.80. The van der Waals surface area contributed by atoms with Gasteiger partial charge < -0.3 is 29.7 Å². The lowest BCUT2D eigenvalue weighted by atomic mass is 9.88. The first-order valence-corrected chi connectivity index (χ1v) is 22.1. The maximum Gasteiger partial charge on any atom is 0.427 e. The lowest BCUT2D eigenvalue weighted by molar-refractivity contribution is -0.244. The summed E-state index contributed by atoms with van der Waals surface area (Å²) in [5.41, 5.74) is -4.08. The minimum atomic E-state index is -4.93. The Morgan fingerprint density at radius 3 is 2.48 bits per heavy atom. The molecule has 2 aliphatic carbocycles. The number of carbonyl (C=O) groups excluding carboxylic acids is 4. The minimum absolute atomic E-state index is 0.0519. The van der Waals surface area contributed by atoms with Gasteiger partial charge >= 0.3 is 12.3 Å². The number of nitrogens with one attached hydrogen (secondary N) is 3. The van der Waals surface area contributed by atoms with Gasteiger partial charge in [0.15, 0.2) is 5.82 Å². The van der Waals surface area contributed by atoms with E-state index in [0.717, 1.165) is 0 Å². The molecule has 3 aromatic rings. The average molecular weight is 888 g/mol. The van der Waals surface area contributed by atoms with Crippen molar-refractivity contribution in [3.05, 3.63) is 54.9 Å². The van der Waals surface area contributed by atoms with Gasteiger partial charge in [-0.15, -0.1) is 0 Å². The lowest BCUT2D eigenvalue weighted by Crippen LogP contribution is -2.59. The van der Waals surface area contributed by atoms with Crippen LogP contribution in [0.2, 0.25) is 0 Å². The number of amides is 4. The molecule has 0 spiro atoms. The summed E-state index contributed by atoms with van der Waals surface area (Å²) in [4.78, 5) is 62.7. The Labute approximate surface area is 357 Å². The van der Waals surface area contributed by atoms with Crippen LogP contribution in [0.25, 0.3) is 16.7 Å². The van der Waals surface area contributed by atoms with E-state index in [1.165, 1.54) is 23.6 Å². The molecule has 3 N–H and O–H groups in total. The van der Waals surface area contributed by atoms with Gasteiger partial charge in [0.05, 0.1) is 23.9 Å². The number of nitrogens with zero attached hydrogens (tertiary/aromatic N) is 4. The molecule has 1 aromatic carbocycles. The summed E-state index contributed by atoms with van der Waals surface area (Å²) < 4.78 is 87.5. The number of aromatic nitrogens is 3. The molecule has 1 unspecified atom stereocenters. The van der Waals surface area contributed by atoms with Gasteiger partial charge in [0.1, 0.15) is 35.2 Å². The Bertz CT molecular complexity index is 2370. The summed E-state index contributed by atoms with van der Waals surface area (Å²) in [6, 6.07) is 5.72. The number of halogens is 3. The number of rotatable bonds is 9. The fraction of sp³-hybridized carbons (Fsp3) is 0.571. The molecule has 7 atom stereocenters. The van der Waals surface area contributed by atoms with Crippen LogP contribution in [0.4, 0.5) is 18.0 Å². The summed E-state index contributed by atoms with van der Waals surface area (Å²) >= 11 is 0. The fourth-order valence-corrected chi connectivity index (χ4v) is 9.44. The SMILES string of the molecule is COc1ccc2c(O[C@@H]3C[C@H]4C(=O)N[C@]5(C(=O)NS(=O)(=O)C6(C)CC6)CC5/C=C\CC[C@@H](C)C[C@@H](C)[C@H](NC(=O)OC(C)(C)C(F)(F)F)C(=O)N4C3)cc(-n3cccn3)nc2c1. The molecule has 4 amide bonds. The maximum absolute atomic E-state index is 14.9. The Hall–Kier alpha value is -5.40. The molecule has 2 saturated carbocycles. The van der Waals surface area contributed by atoms with E-state index in [1.807, 2.05) is 13.0 Å². The number of benzene rings is 1. The van der Waals surface area contributed by atoms with Gasteiger partial charge in [0, 0.05) is 42.3 Å². The number of alkyl halides is 3. The first-order chi connectivity index (χ1) is 29.1. The molecule has 20 heteroatoms. The average Bonchev–Trinajstić information content (AvgIpc) is 3.94. The van der Waals surface area contributed by atoms with Crippen molar-refractivity contribution in [2.24, 2.45) is 17.8 Å². The van der Waals surface area contributed by atoms with E-state index in [0.29, 0.717) is 74.2 Å². The van der Waals surface area contributed by atoms with Crippen molar-refractivity contribution in [1.82, 2.24) is 35.0 Å². The van der Waals surface area contributed by atoms with E-state index in [-0.39, 0.29) is 25.3 Å². The number of ether oxygens (including phenoxy) is 3. The molecule has 7 rings (SSSR count). The summed E-state index contributed by atoms with van der Waals surface area (Å²) in [5.74, 6) is -2.53. The van der Waals surface area contributed by atoms with E-state index < -0.39 is 85.9 Å². The largest absolute Gasteiger partial charge is 0.497 e. The first kappa shape index (κ1) is 44.6. The monoisotopic (exact) mass is 887 g/mol. The number of allylic oxidation sites excluding steroid dienone is 1. The molecule has 62 heavy (non-hydrogen) atoms. The lowest BCUT2D eigenvalue weighted by Gasteiger charge is -2.34. The highest BCUT2D eigenvalue weighted by molar-refractivity contribution is 7.91. The van der Waals surface area contributed by atoms with Crippen LogP contribution >= 0.6 is 0 Å². The van der Waals surface area contributed by atoms with E-state index in [4.69, 9.17) is 19.2 Å². The summed E-state index contributed by atoms with van der Waals surface area (Å²) in [6.45, 7) is 6.31. The number of hydrogen-bond donors (Lipinski definition) is 3. The second-order valence-electron chi connectivity index (χ2n) is 17.8. The molecular weight excluding hydrogens is 836 g/mol. The van der Waals surface area contributed by atoms with Crippen molar-refractivity contribution in [2.45, 2.75) is 120 Å². The Morgan fingerprint density at radius 2 is 1.82 bits per heavy atom. The maximum atomic E-state index is 14.9. The van der Waals surface area contributed by atoms with Gasteiger partial charge in [-0.3, -0.25) is 19.1 Å². The number of sulfonamides is 1. The highest BCUT2D eigenvalue weighted by atomic mass is 32.2. The van der Waals surface area contributed by atoms with Crippen molar-refractivity contribution >= 4 is 44.7 Å². The molecule has 0 bridgehead atoms. The van der Waals surface area contributed by atoms with E-state index >= 15 is 0 Å². The zero-order valence-corrected chi connectivity index (χ0v) is 36.1. The smallest absolute Gasteiger partial charge is 0.427 e. The normalized spacial score (nSPS) is 28.3. The topological polar surface area (TPSA) is 200 Å². The number of alkyl carbamates (subject to hydrolysis) is 1. The van der Waals surface area contributed by atoms with Crippen LogP contribution in [-0.2, 0) is 29.1 Å². The number of methoxy groups -OCH3 is 1. The van der Waals surface area contributed by atoms with Crippen LogP contribution in [0.1, 0.15) is 79.6 Å². The van der Waals surface area contributed by atoms with Crippen LogP contribution in [0, 0.1) is 17.8 Å². The summed E-state index contributed by atoms with van der Waals surface area (Å²) in [5, 5.41) is 10.1. The zero-order valence-electron chi connectivity index (χ0n) is 35.3. The number of pyridine rings is 1. The van der Waals surface area contributed by atoms with Crippen LogP contribution in [0.15, 0.2) is 54.9 Å². The summed E-state index contributed by atoms with van der Waals surface area (Å²) in [7, 11) is -2.59. The molecule has 0 radical (unpaired) electrons. The number of carbonyl (C=O) groups is 4. The van der Waals surface area contributed by atoms with Crippen molar-refractivity contribution < 1.29 is 55.0 Å². The van der Waals surface area contributed by atoms with Gasteiger partial charge in [-0.2, -0.15) is 18.3 Å². The molecule has 16 nitrogen and oxygen atoms in total. The molecule has 336 valence electrons. The fourth-order valence-electron chi connectivity index (χ4n) is 8.13. The molecule has 2 aliphatic heterocycles. The van der Waals surface area contributed by atoms with Gasteiger partial charge in [-0.25, -0.2) is 22.9 Å². The van der Waals surface area contributed by atoms with E-state index in [2.05, 4.69) is 20.5 Å².